The molecule has 0 aliphatic rings. The fourth-order valence-corrected chi connectivity index (χ4v) is 2.60. The van der Waals surface area contributed by atoms with Gasteiger partial charge in [-0.25, -0.2) is 9.59 Å². The Morgan fingerprint density at radius 3 is 2.31 bits per heavy atom. The summed E-state index contributed by atoms with van der Waals surface area (Å²) in [5.41, 5.74) is 1.39. The second-order valence-corrected chi connectivity index (χ2v) is 6.29. The van der Waals surface area contributed by atoms with Crippen molar-refractivity contribution in [2.75, 3.05) is 5.32 Å². The van der Waals surface area contributed by atoms with Gasteiger partial charge in [-0.05, 0) is 24.1 Å². The Labute approximate surface area is 167 Å². The molecule has 152 valence electrons. The van der Waals surface area contributed by atoms with Crippen LogP contribution in [0.3, 0.4) is 0 Å². The molecule has 29 heavy (non-hydrogen) atoms. The number of ketones is 1. The van der Waals surface area contributed by atoms with Gasteiger partial charge >= 0.3 is 12.1 Å². The molecule has 0 aliphatic carbocycles. The van der Waals surface area contributed by atoms with E-state index in [0.717, 1.165) is 5.56 Å². The van der Waals surface area contributed by atoms with E-state index in [1.165, 1.54) is 6.92 Å². The molecule has 2 aromatic carbocycles. The van der Waals surface area contributed by atoms with Gasteiger partial charge in [0.1, 0.15) is 12.6 Å². The van der Waals surface area contributed by atoms with Gasteiger partial charge in [-0.3, -0.25) is 9.59 Å². The number of carboxylic acid groups (broad SMARTS) is 1. The molecule has 1 atom stereocenters. The highest BCUT2D eigenvalue weighted by Crippen LogP contribution is 2.18. The number of rotatable bonds is 9. The fraction of sp³-hybridized carbons (Fsp3) is 0.238. The van der Waals surface area contributed by atoms with E-state index >= 15 is 0 Å². The minimum absolute atomic E-state index is 0.00202. The summed E-state index contributed by atoms with van der Waals surface area (Å²) in [6.45, 7) is 1.33. The fourth-order valence-electron chi connectivity index (χ4n) is 2.60. The van der Waals surface area contributed by atoms with Gasteiger partial charge in [0.15, 0.2) is 5.78 Å². The molecular formula is C21H22N2O6. The van der Waals surface area contributed by atoms with Gasteiger partial charge in [0.2, 0.25) is 5.91 Å². The van der Waals surface area contributed by atoms with Gasteiger partial charge in [-0.1, -0.05) is 42.5 Å². The zero-order valence-corrected chi connectivity index (χ0v) is 15.9. The standard InChI is InChI=1S/C21H22N2O6/c1-14(24)22-17-10-6-5-9-16(17)19(25)12-11-18(20(26)27)23-21(28)29-13-15-7-3-2-4-8-15/h2-10,18H,11-13H2,1H3,(H,22,24)(H,23,28)(H,26,27). The van der Waals surface area contributed by atoms with Gasteiger partial charge in [-0.15, -0.1) is 0 Å². The molecule has 2 aromatic rings. The zero-order chi connectivity index (χ0) is 21.2. The molecule has 8 nitrogen and oxygen atoms in total. The van der Waals surface area contributed by atoms with Crippen molar-refractivity contribution in [2.45, 2.75) is 32.4 Å². The Morgan fingerprint density at radius 1 is 1.00 bits per heavy atom. The molecule has 0 aliphatic heterocycles. The van der Waals surface area contributed by atoms with Crippen LogP contribution in [-0.2, 0) is 20.9 Å². The summed E-state index contributed by atoms with van der Waals surface area (Å²) >= 11 is 0. The molecule has 0 aromatic heterocycles. The molecule has 0 radical (unpaired) electrons. The smallest absolute Gasteiger partial charge is 0.408 e. The second-order valence-electron chi connectivity index (χ2n) is 6.29. The number of ether oxygens (including phenoxy) is 1. The number of hydrogen-bond acceptors (Lipinski definition) is 5. The Balaban J connectivity index is 1.92. The van der Waals surface area contributed by atoms with E-state index in [1.54, 1.807) is 48.5 Å². The first-order valence-electron chi connectivity index (χ1n) is 8.96. The van der Waals surface area contributed by atoms with E-state index in [4.69, 9.17) is 4.74 Å². The molecule has 0 fully saturated rings. The molecule has 2 amide bonds. The third-order valence-electron chi connectivity index (χ3n) is 4.00. The maximum Gasteiger partial charge on any atom is 0.408 e. The molecule has 8 heteroatoms. The minimum Gasteiger partial charge on any atom is -0.480 e. The van der Waals surface area contributed by atoms with Crippen molar-refractivity contribution < 1.29 is 29.0 Å². The third-order valence-corrected chi connectivity index (χ3v) is 4.00. The number of alkyl carbamates (subject to hydrolysis) is 1. The normalized spacial score (nSPS) is 11.2. The predicted octanol–water partition coefficient (Wildman–Crippen LogP) is 2.99. The van der Waals surface area contributed by atoms with Gasteiger partial charge in [-0.2, -0.15) is 0 Å². The summed E-state index contributed by atoms with van der Waals surface area (Å²) in [4.78, 5) is 47.1. The van der Waals surface area contributed by atoms with Gasteiger partial charge in [0.25, 0.3) is 0 Å². The van der Waals surface area contributed by atoms with Crippen molar-refractivity contribution in [2.24, 2.45) is 0 Å². The van der Waals surface area contributed by atoms with E-state index in [1.807, 2.05) is 6.07 Å². The number of carbonyl (C=O) groups excluding carboxylic acids is 3. The van der Waals surface area contributed by atoms with E-state index in [0.29, 0.717) is 5.69 Å². The summed E-state index contributed by atoms with van der Waals surface area (Å²) in [6.07, 6.45) is -1.14. The minimum atomic E-state index is -1.28. The number of amides is 2. The summed E-state index contributed by atoms with van der Waals surface area (Å²) in [7, 11) is 0. The largest absolute Gasteiger partial charge is 0.480 e. The first kappa shape index (κ1) is 21.6. The van der Waals surface area contributed by atoms with Crippen LogP contribution in [0.5, 0.6) is 0 Å². The summed E-state index contributed by atoms with van der Waals surface area (Å²) < 4.78 is 5.02. The maximum atomic E-state index is 12.5. The SMILES string of the molecule is CC(=O)Nc1ccccc1C(=O)CCC(NC(=O)OCc1ccccc1)C(=O)O. The van der Waals surface area contributed by atoms with Crippen LogP contribution in [0, 0.1) is 0 Å². The number of carboxylic acids is 1. The lowest BCUT2D eigenvalue weighted by Gasteiger charge is -2.15. The van der Waals surface area contributed by atoms with E-state index < -0.39 is 18.1 Å². The summed E-state index contributed by atoms with van der Waals surface area (Å²) in [5, 5.41) is 14.1. The summed E-state index contributed by atoms with van der Waals surface area (Å²) in [6, 6.07) is 14.1. The molecule has 0 saturated heterocycles. The highest BCUT2D eigenvalue weighted by atomic mass is 16.5. The lowest BCUT2D eigenvalue weighted by Crippen LogP contribution is -2.41. The monoisotopic (exact) mass is 398 g/mol. The number of para-hydroxylation sites is 1. The topological polar surface area (TPSA) is 122 Å². The molecule has 1 unspecified atom stereocenters. The Hall–Kier alpha value is -3.68. The van der Waals surface area contributed by atoms with Crippen molar-refractivity contribution >= 4 is 29.4 Å². The first-order valence-corrected chi connectivity index (χ1v) is 8.96. The number of nitrogens with one attached hydrogen (secondary N) is 2. The molecule has 2 rings (SSSR count). The van der Waals surface area contributed by atoms with Crippen LogP contribution in [0.25, 0.3) is 0 Å². The van der Waals surface area contributed by atoms with E-state index in [-0.39, 0.29) is 36.7 Å². The Morgan fingerprint density at radius 2 is 1.66 bits per heavy atom. The van der Waals surface area contributed by atoms with Crippen LogP contribution in [0.15, 0.2) is 54.6 Å². The Kier molecular flexibility index (Phi) is 7.90. The van der Waals surface area contributed by atoms with Gasteiger partial charge in [0, 0.05) is 18.9 Å². The lowest BCUT2D eigenvalue weighted by atomic mass is 10.0. The predicted molar refractivity (Wildman–Crippen MR) is 105 cm³/mol. The first-order chi connectivity index (χ1) is 13.9. The average Bonchev–Trinajstić information content (AvgIpc) is 2.70. The van der Waals surface area contributed by atoms with Crippen molar-refractivity contribution in [1.29, 1.82) is 0 Å². The number of hydrogen-bond donors (Lipinski definition) is 3. The van der Waals surface area contributed by atoms with E-state index in [9.17, 15) is 24.3 Å². The highest BCUT2D eigenvalue weighted by Gasteiger charge is 2.23. The molecule has 0 spiro atoms. The number of aliphatic carboxylic acids is 1. The molecular weight excluding hydrogens is 376 g/mol. The van der Waals surface area contributed by atoms with Crippen molar-refractivity contribution in [3.8, 4) is 0 Å². The van der Waals surface area contributed by atoms with Crippen LogP contribution < -0.4 is 10.6 Å². The van der Waals surface area contributed by atoms with Gasteiger partial charge in [0.05, 0.1) is 5.69 Å². The Bertz CT molecular complexity index is 882. The average molecular weight is 398 g/mol. The van der Waals surface area contributed by atoms with Crippen LogP contribution in [0.1, 0.15) is 35.7 Å². The maximum absolute atomic E-state index is 12.5. The number of carbonyl (C=O) groups is 4. The highest BCUT2D eigenvalue weighted by molar-refractivity contribution is 6.04. The number of Topliss-reactive ketones (excluding diaryl/α,β-unsaturated/α-hetero) is 1. The summed E-state index contributed by atoms with van der Waals surface area (Å²) in [5.74, 6) is -1.94. The number of anilines is 1. The van der Waals surface area contributed by atoms with Crippen molar-refractivity contribution in [3.63, 3.8) is 0 Å². The quantitative estimate of drug-likeness (QED) is 0.558. The molecule has 3 N–H and O–H groups in total. The van der Waals surface area contributed by atoms with Crippen molar-refractivity contribution in [3.05, 3.63) is 65.7 Å². The van der Waals surface area contributed by atoms with E-state index in [2.05, 4.69) is 10.6 Å². The molecule has 0 bridgehead atoms. The van der Waals surface area contributed by atoms with Crippen LogP contribution >= 0.6 is 0 Å². The third kappa shape index (κ3) is 7.10. The lowest BCUT2D eigenvalue weighted by molar-refractivity contribution is -0.139. The molecule has 0 heterocycles. The van der Waals surface area contributed by atoms with Crippen LogP contribution in [-0.4, -0.2) is 34.9 Å². The van der Waals surface area contributed by atoms with Crippen LogP contribution in [0.2, 0.25) is 0 Å². The van der Waals surface area contributed by atoms with Gasteiger partial charge < -0.3 is 20.5 Å². The number of benzene rings is 2. The zero-order valence-electron chi connectivity index (χ0n) is 15.9. The molecule has 0 saturated carbocycles. The van der Waals surface area contributed by atoms with Crippen LogP contribution in [0.4, 0.5) is 10.5 Å². The van der Waals surface area contributed by atoms with Crippen molar-refractivity contribution in [1.82, 2.24) is 5.32 Å². The second kappa shape index (κ2) is 10.6.